The van der Waals surface area contributed by atoms with Crippen LogP contribution in [0.4, 0.5) is 5.69 Å². The highest BCUT2D eigenvalue weighted by Gasteiger charge is 2.44. The Morgan fingerprint density at radius 1 is 0.946 bits per heavy atom. The van der Waals surface area contributed by atoms with Gasteiger partial charge in [0.2, 0.25) is 0 Å². The van der Waals surface area contributed by atoms with Gasteiger partial charge in [-0.15, -0.1) is 0 Å². The van der Waals surface area contributed by atoms with Crippen LogP contribution in [-0.4, -0.2) is 48.0 Å². The third-order valence-electron chi connectivity index (χ3n) is 7.41. The molecule has 1 saturated heterocycles. The number of anilines is 1. The molecular weight excluding hydrogens is 462 g/mol. The van der Waals surface area contributed by atoms with Crippen molar-refractivity contribution in [3.05, 3.63) is 102 Å². The molecular formula is C31H33N3O3. The van der Waals surface area contributed by atoms with E-state index in [-0.39, 0.29) is 11.9 Å². The Morgan fingerprint density at radius 2 is 1.65 bits per heavy atom. The molecule has 0 unspecified atom stereocenters. The highest BCUT2D eigenvalue weighted by molar-refractivity contribution is 6.05. The molecule has 1 fully saturated rings. The van der Waals surface area contributed by atoms with E-state index in [0.29, 0.717) is 12.3 Å². The molecule has 1 amide bonds. The molecule has 0 radical (unpaired) electrons. The predicted octanol–water partition coefficient (Wildman–Crippen LogP) is 5.56. The fourth-order valence-electron chi connectivity index (χ4n) is 5.23. The van der Waals surface area contributed by atoms with Crippen molar-refractivity contribution in [3.63, 3.8) is 0 Å². The van der Waals surface area contributed by atoms with Gasteiger partial charge in [-0.05, 0) is 74.7 Å². The Kier molecular flexibility index (Phi) is 7.37. The van der Waals surface area contributed by atoms with Gasteiger partial charge in [0.05, 0.1) is 12.0 Å². The number of H-pyrrole nitrogens is 1. The lowest BCUT2D eigenvalue weighted by Crippen LogP contribution is -2.48. The Balaban J connectivity index is 1.15. The number of ether oxygens (including phenoxy) is 1. The van der Waals surface area contributed by atoms with Gasteiger partial charge in [0.15, 0.2) is 0 Å². The summed E-state index contributed by atoms with van der Waals surface area (Å²) in [6.45, 7) is 4.90. The molecule has 4 aromatic rings. The SMILES string of the molecule is CCOC(=O)C1(c2ccccc2)CCN(CCc2ccc(NC(=O)c3cc4ccccc4[nH]3)cc2)CC1. The number of likely N-dealkylation sites (tertiary alicyclic amines) is 1. The van der Waals surface area contributed by atoms with Crippen LogP contribution in [0.15, 0.2) is 84.9 Å². The van der Waals surface area contributed by atoms with Crippen molar-refractivity contribution in [2.45, 2.75) is 31.6 Å². The fraction of sp³-hybridized carbons (Fsp3) is 0.290. The molecule has 0 atom stereocenters. The van der Waals surface area contributed by atoms with Crippen LogP contribution >= 0.6 is 0 Å². The van der Waals surface area contributed by atoms with E-state index in [4.69, 9.17) is 4.74 Å². The van der Waals surface area contributed by atoms with Crippen LogP contribution in [0.5, 0.6) is 0 Å². The number of hydrogen-bond acceptors (Lipinski definition) is 4. The van der Waals surface area contributed by atoms with Gasteiger partial charge >= 0.3 is 5.97 Å². The molecule has 1 aliphatic heterocycles. The summed E-state index contributed by atoms with van der Waals surface area (Å²) in [6, 6.07) is 27.8. The van der Waals surface area contributed by atoms with Crippen LogP contribution in [-0.2, 0) is 21.4 Å². The van der Waals surface area contributed by atoms with Gasteiger partial charge in [-0.2, -0.15) is 0 Å². The summed E-state index contributed by atoms with van der Waals surface area (Å²) >= 11 is 0. The first-order valence-electron chi connectivity index (χ1n) is 13.0. The van der Waals surface area contributed by atoms with E-state index in [0.717, 1.165) is 61.1 Å². The number of benzene rings is 3. The number of esters is 1. The van der Waals surface area contributed by atoms with E-state index < -0.39 is 5.41 Å². The first-order valence-corrected chi connectivity index (χ1v) is 13.0. The number of aromatic nitrogens is 1. The third kappa shape index (κ3) is 5.44. The number of para-hydroxylation sites is 1. The van der Waals surface area contributed by atoms with E-state index >= 15 is 0 Å². The van der Waals surface area contributed by atoms with E-state index in [9.17, 15) is 9.59 Å². The van der Waals surface area contributed by atoms with E-state index in [1.54, 1.807) is 0 Å². The van der Waals surface area contributed by atoms with Crippen molar-refractivity contribution < 1.29 is 14.3 Å². The monoisotopic (exact) mass is 495 g/mol. The number of piperidine rings is 1. The normalized spacial score (nSPS) is 15.4. The molecule has 1 aliphatic rings. The molecule has 3 aromatic carbocycles. The van der Waals surface area contributed by atoms with Crippen molar-refractivity contribution >= 4 is 28.5 Å². The Labute approximate surface area is 217 Å². The standard InChI is InChI=1S/C31H33N3O3/c1-2-37-30(36)31(25-9-4-3-5-10-25)17-20-34(21-18-31)19-16-23-12-14-26(15-13-23)32-29(35)28-22-24-8-6-7-11-27(24)33-28/h3-15,22,33H,2,16-21H2,1H3,(H,32,35). The number of fused-ring (bicyclic) bond motifs is 1. The maximum absolute atomic E-state index is 13.0. The first kappa shape index (κ1) is 24.8. The fourth-order valence-corrected chi connectivity index (χ4v) is 5.23. The average molecular weight is 496 g/mol. The first-order chi connectivity index (χ1) is 18.1. The summed E-state index contributed by atoms with van der Waals surface area (Å²) < 4.78 is 5.50. The third-order valence-corrected chi connectivity index (χ3v) is 7.41. The number of rotatable bonds is 8. The molecule has 0 saturated carbocycles. The number of aromatic amines is 1. The largest absolute Gasteiger partial charge is 0.465 e. The van der Waals surface area contributed by atoms with Crippen molar-refractivity contribution in [3.8, 4) is 0 Å². The summed E-state index contributed by atoms with van der Waals surface area (Å²) in [5.41, 5.74) is 3.98. The molecule has 6 heteroatoms. The van der Waals surface area contributed by atoms with Crippen LogP contribution < -0.4 is 5.32 Å². The topological polar surface area (TPSA) is 74.4 Å². The zero-order valence-electron chi connectivity index (χ0n) is 21.2. The van der Waals surface area contributed by atoms with E-state index in [1.807, 2.05) is 79.7 Å². The van der Waals surface area contributed by atoms with Crippen LogP contribution in [0.25, 0.3) is 10.9 Å². The van der Waals surface area contributed by atoms with Gasteiger partial charge < -0.3 is 19.9 Å². The second-order valence-electron chi connectivity index (χ2n) is 9.68. The Morgan fingerprint density at radius 3 is 2.35 bits per heavy atom. The summed E-state index contributed by atoms with van der Waals surface area (Å²) in [7, 11) is 0. The van der Waals surface area contributed by atoms with Crippen LogP contribution in [0.2, 0.25) is 0 Å². The van der Waals surface area contributed by atoms with Crippen molar-refractivity contribution in [1.82, 2.24) is 9.88 Å². The molecule has 5 rings (SSSR count). The van der Waals surface area contributed by atoms with Crippen molar-refractivity contribution in [1.29, 1.82) is 0 Å². The predicted molar refractivity (Wildman–Crippen MR) is 147 cm³/mol. The lowest BCUT2D eigenvalue weighted by molar-refractivity contribution is -0.152. The summed E-state index contributed by atoms with van der Waals surface area (Å²) in [5, 5.41) is 3.99. The van der Waals surface area contributed by atoms with E-state index in [1.165, 1.54) is 5.56 Å². The lowest BCUT2D eigenvalue weighted by Gasteiger charge is -2.40. The number of hydrogen-bond donors (Lipinski definition) is 2. The average Bonchev–Trinajstić information content (AvgIpc) is 3.38. The van der Waals surface area contributed by atoms with E-state index in [2.05, 4.69) is 27.3 Å². The number of amides is 1. The maximum atomic E-state index is 13.0. The van der Waals surface area contributed by atoms with Crippen LogP contribution in [0.1, 0.15) is 41.4 Å². The highest BCUT2D eigenvalue weighted by Crippen LogP contribution is 2.37. The van der Waals surface area contributed by atoms with Gasteiger partial charge in [0.1, 0.15) is 5.69 Å². The quantitative estimate of drug-likeness (QED) is 0.314. The second-order valence-corrected chi connectivity index (χ2v) is 9.68. The highest BCUT2D eigenvalue weighted by atomic mass is 16.5. The van der Waals surface area contributed by atoms with Gasteiger partial charge in [0, 0.05) is 23.1 Å². The number of nitrogens with one attached hydrogen (secondary N) is 2. The van der Waals surface area contributed by atoms with Gasteiger partial charge in [-0.3, -0.25) is 9.59 Å². The Hall–Kier alpha value is -3.90. The van der Waals surface area contributed by atoms with Crippen molar-refractivity contribution in [2.24, 2.45) is 0 Å². The molecule has 190 valence electrons. The molecule has 2 N–H and O–H groups in total. The molecule has 0 aliphatic carbocycles. The zero-order chi connectivity index (χ0) is 25.7. The minimum absolute atomic E-state index is 0.106. The Bertz CT molecular complexity index is 1320. The van der Waals surface area contributed by atoms with Gasteiger partial charge in [0.25, 0.3) is 5.91 Å². The number of nitrogens with zero attached hydrogens (tertiary/aromatic N) is 1. The molecule has 2 heterocycles. The van der Waals surface area contributed by atoms with Gasteiger partial charge in [-0.1, -0.05) is 60.7 Å². The maximum Gasteiger partial charge on any atom is 0.316 e. The van der Waals surface area contributed by atoms with Crippen LogP contribution in [0, 0.1) is 0 Å². The molecule has 6 nitrogen and oxygen atoms in total. The lowest BCUT2D eigenvalue weighted by atomic mass is 9.72. The summed E-state index contributed by atoms with van der Waals surface area (Å²) in [4.78, 5) is 31.2. The molecule has 0 spiro atoms. The second kappa shape index (κ2) is 11.0. The van der Waals surface area contributed by atoms with Gasteiger partial charge in [-0.25, -0.2) is 0 Å². The van der Waals surface area contributed by atoms with Crippen molar-refractivity contribution in [2.75, 3.05) is 31.6 Å². The summed E-state index contributed by atoms with van der Waals surface area (Å²) in [6.07, 6.45) is 2.43. The molecule has 37 heavy (non-hydrogen) atoms. The zero-order valence-corrected chi connectivity index (χ0v) is 21.2. The minimum Gasteiger partial charge on any atom is -0.465 e. The minimum atomic E-state index is -0.557. The summed E-state index contributed by atoms with van der Waals surface area (Å²) in [5.74, 6) is -0.258. The number of carbonyl (C=O) groups is 2. The smallest absolute Gasteiger partial charge is 0.316 e. The molecule has 0 bridgehead atoms. The molecule has 1 aromatic heterocycles. The number of carbonyl (C=O) groups excluding carboxylic acids is 2. The van der Waals surface area contributed by atoms with Crippen LogP contribution in [0.3, 0.4) is 0 Å².